The Labute approximate surface area is 420 Å². The van der Waals surface area contributed by atoms with Crippen molar-refractivity contribution in [2.75, 3.05) is 39.6 Å². The lowest BCUT2D eigenvalue weighted by Crippen LogP contribution is -2.22. The van der Waals surface area contributed by atoms with Gasteiger partial charge >= 0.3 is 5.97 Å². The van der Waals surface area contributed by atoms with Crippen molar-refractivity contribution in [2.24, 2.45) is 0 Å². The molecule has 0 spiro atoms. The van der Waals surface area contributed by atoms with Crippen LogP contribution in [0.15, 0.2) is 36.4 Å². The zero-order valence-corrected chi connectivity index (χ0v) is 45.9. The number of carbonyl (C=O) groups is 1. The first-order chi connectivity index (χ1) is 32.7. The molecule has 0 saturated heterocycles. The van der Waals surface area contributed by atoms with E-state index in [1.807, 2.05) is 53.7 Å². The standard InChI is InChI=1S/C36H70O.C20H32O5.C4H10O2/c1-3-5-7-9-11-13-15-17-19-21-23-25-27-29-31-33-35-37-36-34-32-30-28-26-24-22-20-18-16-14-12-10-8-6-4-2;1-19(2,3)15-9-13(10-16(18(15)24)20(4,5)6)7-8-17(23)25-12-14(22)11-21;5-3-1-2-4-6/h17-20H,3-16,21-36H2,1-2H3;9-10,14,21-22,24H,7-8,11-12H2,1-6H3;5-6H,1-4H2/b19-17-,20-18-;;. The molecule has 8 nitrogen and oxygen atoms in total. The van der Waals surface area contributed by atoms with Crippen molar-refractivity contribution in [3.63, 3.8) is 0 Å². The Balaban J connectivity index is 0. The molecule has 0 radical (unpaired) electrons. The second-order valence-corrected chi connectivity index (χ2v) is 21.2. The lowest BCUT2D eigenvalue weighted by Gasteiger charge is -2.28. The van der Waals surface area contributed by atoms with Gasteiger partial charge in [0.25, 0.3) is 0 Å². The first-order valence-electron chi connectivity index (χ1n) is 28.1. The average Bonchev–Trinajstić information content (AvgIpc) is 3.30. The van der Waals surface area contributed by atoms with Crippen LogP contribution in [0.3, 0.4) is 0 Å². The number of aliphatic hydroxyl groups excluding tert-OH is 4. The Kier molecular flexibility index (Phi) is 48.3. The highest BCUT2D eigenvalue weighted by Gasteiger charge is 2.26. The molecule has 0 heterocycles. The van der Waals surface area contributed by atoms with Gasteiger partial charge in [0.2, 0.25) is 0 Å². The van der Waals surface area contributed by atoms with Gasteiger partial charge in [-0.25, -0.2) is 0 Å². The number of allylic oxidation sites excluding steroid dienone is 4. The van der Waals surface area contributed by atoms with Gasteiger partial charge in [0.1, 0.15) is 18.5 Å². The molecule has 8 heteroatoms. The molecular formula is C60H112O8. The van der Waals surface area contributed by atoms with Crippen LogP contribution in [0.4, 0.5) is 0 Å². The first-order valence-corrected chi connectivity index (χ1v) is 28.1. The van der Waals surface area contributed by atoms with E-state index < -0.39 is 18.7 Å². The van der Waals surface area contributed by atoms with E-state index in [1.165, 1.54) is 180 Å². The molecule has 0 aliphatic rings. The number of aliphatic hydroxyl groups is 4. The van der Waals surface area contributed by atoms with Gasteiger partial charge in [0, 0.05) is 32.8 Å². The van der Waals surface area contributed by atoms with Gasteiger partial charge < -0.3 is 35.0 Å². The summed E-state index contributed by atoms with van der Waals surface area (Å²) in [5.74, 6) is -0.104. The molecule has 0 aromatic heterocycles. The van der Waals surface area contributed by atoms with Crippen molar-refractivity contribution in [2.45, 2.75) is 278 Å². The number of rotatable bonds is 41. The van der Waals surface area contributed by atoms with E-state index in [0.717, 1.165) is 42.7 Å². The Bertz CT molecular complexity index is 1210. The maximum atomic E-state index is 11.8. The van der Waals surface area contributed by atoms with Crippen LogP contribution in [0.25, 0.3) is 0 Å². The molecule has 1 unspecified atom stereocenters. The molecule has 5 N–H and O–H groups in total. The van der Waals surface area contributed by atoms with Crippen molar-refractivity contribution < 1.29 is 39.8 Å². The number of phenolic OH excluding ortho intramolecular Hbond substituents is 1. The van der Waals surface area contributed by atoms with Crippen molar-refractivity contribution >= 4 is 5.97 Å². The third-order valence-electron chi connectivity index (χ3n) is 12.2. The van der Waals surface area contributed by atoms with Gasteiger partial charge in [0.05, 0.1) is 6.61 Å². The van der Waals surface area contributed by atoms with Gasteiger partial charge in [-0.1, -0.05) is 207 Å². The minimum Gasteiger partial charge on any atom is -0.507 e. The normalized spacial score (nSPS) is 12.3. The molecule has 0 saturated carbocycles. The fraction of sp³-hybridized carbons (Fsp3) is 0.817. The second kappa shape index (κ2) is 48.4. The highest BCUT2D eigenvalue weighted by Crippen LogP contribution is 2.40. The molecule has 68 heavy (non-hydrogen) atoms. The zero-order valence-electron chi connectivity index (χ0n) is 45.9. The van der Waals surface area contributed by atoms with Crippen molar-refractivity contribution in [1.82, 2.24) is 0 Å². The molecule has 1 aromatic carbocycles. The molecule has 1 aromatic rings. The summed E-state index contributed by atoms with van der Waals surface area (Å²) in [5, 5.41) is 44.8. The van der Waals surface area contributed by atoms with Crippen LogP contribution in [0.1, 0.15) is 271 Å². The van der Waals surface area contributed by atoms with Gasteiger partial charge in [-0.15, -0.1) is 0 Å². The van der Waals surface area contributed by atoms with Crippen LogP contribution in [0.2, 0.25) is 0 Å². The van der Waals surface area contributed by atoms with Crippen LogP contribution in [0.5, 0.6) is 5.75 Å². The number of benzene rings is 1. The SMILES string of the molecule is CC(C)(C)c1cc(CCC(=O)OCC(O)CO)cc(C(C)(C)C)c1O.CCCCCCCC/C=C\CCCCCCCCOCCCCCCCC/C=C\CCCCCCCC.OCCCCO. The topological polar surface area (TPSA) is 137 Å². The minimum atomic E-state index is -1.04. The van der Waals surface area contributed by atoms with Crippen LogP contribution in [-0.4, -0.2) is 77.2 Å². The molecule has 1 rings (SSSR count). The fourth-order valence-corrected chi connectivity index (χ4v) is 7.77. The van der Waals surface area contributed by atoms with E-state index in [9.17, 15) is 15.0 Å². The average molecular weight is 962 g/mol. The number of hydrogen-bond donors (Lipinski definition) is 5. The Morgan fingerprint density at radius 2 is 0.868 bits per heavy atom. The van der Waals surface area contributed by atoms with E-state index in [2.05, 4.69) is 38.2 Å². The van der Waals surface area contributed by atoms with Gasteiger partial charge in [-0.3, -0.25) is 4.79 Å². The monoisotopic (exact) mass is 961 g/mol. The van der Waals surface area contributed by atoms with Crippen molar-refractivity contribution in [3.8, 4) is 5.75 Å². The number of carbonyl (C=O) groups excluding carboxylic acids is 1. The summed E-state index contributed by atoms with van der Waals surface area (Å²) in [6, 6.07) is 3.89. The Morgan fingerprint density at radius 1 is 0.529 bits per heavy atom. The van der Waals surface area contributed by atoms with E-state index in [0.29, 0.717) is 12.2 Å². The molecule has 0 amide bonds. The Morgan fingerprint density at radius 3 is 1.19 bits per heavy atom. The highest BCUT2D eigenvalue weighted by atomic mass is 16.5. The summed E-state index contributed by atoms with van der Waals surface area (Å²) in [4.78, 5) is 11.8. The van der Waals surface area contributed by atoms with E-state index >= 15 is 0 Å². The quantitative estimate of drug-likeness (QED) is 0.0249. The fourth-order valence-electron chi connectivity index (χ4n) is 7.77. The molecule has 0 aliphatic carbocycles. The Hall–Kier alpha value is -2.23. The van der Waals surface area contributed by atoms with Crippen molar-refractivity contribution in [1.29, 1.82) is 0 Å². The lowest BCUT2D eigenvalue weighted by molar-refractivity contribution is -0.147. The smallest absolute Gasteiger partial charge is 0.306 e. The predicted molar refractivity (Wildman–Crippen MR) is 291 cm³/mol. The van der Waals surface area contributed by atoms with Crippen molar-refractivity contribution in [3.05, 3.63) is 53.1 Å². The number of phenols is 1. The number of aromatic hydroxyl groups is 1. The third-order valence-corrected chi connectivity index (χ3v) is 12.2. The van der Waals surface area contributed by atoms with Crippen LogP contribution in [0, 0.1) is 0 Å². The minimum absolute atomic E-state index is 0.177. The summed E-state index contributed by atoms with van der Waals surface area (Å²) < 4.78 is 10.8. The molecule has 1 atom stereocenters. The number of ether oxygens (including phenoxy) is 2. The molecule has 400 valence electrons. The molecule has 0 aliphatic heterocycles. The third kappa shape index (κ3) is 44.9. The summed E-state index contributed by atoms with van der Waals surface area (Å²) >= 11 is 0. The number of aryl methyl sites for hydroxylation is 1. The number of unbranched alkanes of at least 4 members (excludes halogenated alkanes) is 25. The largest absolute Gasteiger partial charge is 0.507 e. The van der Waals surface area contributed by atoms with Crippen LogP contribution >= 0.6 is 0 Å². The zero-order chi connectivity index (χ0) is 51.0. The van der Waals surface area contributed by atoms with E-state index in [4.69, 9.17) is 24.8 Å². The summed E-state index contributed by atoms with van der Waals surface area (Å²) in [7, 11) is 0. The van der Waals surface area contributed by atoms with Crippen LogP contribution < -0.4 is 0 Å². The van der Waals surface area contributed by atoms with Crippen LogP contribution in [-0.2, 0) is 31.5 Å². The van der Waals surface area contributed by atoms with Gasteiger partial charge in [-0.05, 0) is 111 Å². The number of hydrogen-bond acceptors (Lipinski definition) is 8. The maximum Gasteiger partial charge on any atom is 0.306 e. The molecule has 0 bridgehead atoms. The maximum absolute atomic E-state index is 11.8. The predicted octanol–water partition coefficient (Wildman–Crippen LogP) is 15.6. The highest BCUT2D eigenvalue weighted by molar-refractivity contribution is 5.69. The van der Waals surface area contributed by atoms with E-state index in [-0.39, 0.29) is 37.1 Å². The van der Waals surface area contributed by atoms with Gasteiger partial charge in [0.15, 0.2) is 0 Å². The second-order valence-electron chi connectivity index (χ2n) is 21.2. The first kappa shape index (κ1) is 67.8. The number of esters is 1. The summed E-state index contributed by atoms with van der Waals surface area (Å²) in [5.41, 5.74) is 2.25. The molecular weight excluding hydrogens is 849 g/mol. The molecule has 0 fully saturated rings. The summed E-state index contributed by atoms with van der Waals surface area (Å²) in [6.45, 7) is 18.6. The lowest BCUT2D eigenvalue weighted by atomic mass is 9.78. The summed E-state index contributed by atoms with van der Waals surface area (Å²) in [6.07, 6.45) is 49.2. The van der Waals surface area contributed by atoms with Gasteiger partial charge in [-0.2, -0.15) is 0 Å². The van der Waals surface area contributed by atoms with E-state index in [1.54, 1.807) is 0 Å².